The van der Waals surface area contributed by atoms with Crippen molar-refractivity contribution in [2.45, 2.75) is 136 Å². The van der Waals surface area contributed by atoms with Crippen LogP contribution < -0.4 is 14.7 Å². The average Bonchev–Trinajstić information content (AvgIpc) is 1.74. The minimum atomic E-state index is -0.462. The molecule has 0 radical (unpaired) electrons. The maximum absolute atomic E-state index is 11.2. The molecule has 17 rings (SSSR count). The molecule has 1 aliphatic heterocycles. The fourth-order valence-corrected chi connectivity index (χ4v) is 17.7. The van der Waals surface area contributed by atoms with Crippen molar-refractivity contribution in [1.82, 2.24) is 0 Å². The van der Waals surface area contributed by atoms with E-state index in [2.05, 4.69) is 250 Å². The van der Waals surface area contributed by atoms with E-state index in [9.17, 15) is 5.11 Å². The molecule has 1 spiro atoms. The van der Waals surface area contributed by atoms with E-state index in [1.165, 1.54) is 116 Å². The van der Waals surface area contributed by atoms with Crippen LogP contribution in [-0.4, -0.2) is 22.8 Å². The smallest absolute Gasteiger partial charge is 0.0725 e. The van der Waals surface area contributed by atoms with Crippen LogP contribution in [0.25, 0.3) is 22.3 Å². The predicted octanol–water partition coefficient (Wildman–Crippen LogP) is 19.2. The Morgan fingerprint density at radius 2 is 1.05 bits per heavy atom. The number of hydrogen-bond acceptors (Lipinski definition) is 5. The van der Waals surface area contributed by atoms with Gasteiger partial charge in [0.2, 0.25) is 0 Å². The molecule has 398 valence electrons. The number of aryl methyl sites for hydroxylation is 2. The highest BCUT2D eigenvalue weighted by Gasteiger charge is 2.67. The molecule has 5 heteroatoms. The third kappa shape index (κ3) is 6.80. The zero-order chi connectivity index (χ0) is 54.3. The van der Waals surface area contributed by atoms with Crippen molar-refractivity contribution in [3.8, 4) is 22.3 Å². The maximum atomic E-state index is 11.2. The molecule has 0 saturated heterocycles. The molecule has 80 heavy (non-hydrogen) atoms. The Bertz CT molecular complexity index is 3960. The van der Waals surface area contributed by atoms with Crippen LogP contribution in [-0.2, 0) is 29.1 Å². The van der Waals surface area contributed by atoms with Crippen molar-refractivity contribution in [3.63, 3.8) is 0 Å². The minimum Gasteiger partial charge on any atom is -0.395 e. The Morgan fingerprint density at radius 3 is 1.65 bits per heavy atom. The summed E-state index contributed by atoms with van der Waals surface area (Å²) in [5, 5.41) is 11.2. The Morgan fingerprint density at radius 1 is 0.500 bits per heavy atom. The highest BCUT2D eigenvalue weighted by molar-refractivity contribution is 7.99. The van der Waals surface area contributed by atoms with Crippen molar-refractivity contribution >= 4 is 51.6 Å². The van der Waals surface area contributed by atoms with E-state index < -0.39 is 5.41 Å². The highest BCUT2D eigenvalue weighted by atomic mass is 32.2. The highest BCUT2D eigenvalue weighted by Crippen LogP contribution is 2.71. The second-order valence-corrected chi connectivity index (χ2v) is 26.0. The lowest BCUT2D eigenvalue weighted by Gasteiger charge is -2.52. The number of benzene rings is 9. The van der Waals surface area contributed by atoms with Crippen molar-refractivity contribution in [2.75, 3.05) is 21.3 Å². The molecule has 0 aromatic heterocycles. The van der Waals surface area contributed by atoms with Gasteiger partial charge < -0.3 is 19.8 Å². The summed E-state index contributed by atoms with van der Waals surface area (Å²) in [6.07, 6.45) is 9.02. The molecule has 0 amide bonds. The fraction of sp³-hybridized carbons (Fsp3) is 0.280. The van der Waals surface area contributed by atoms with E-state index in [0.29, 0.717) is 0 Å². The number of aliphatic hydroxyl groups excluding tert-OH is 1. The van der Waals surface area contributed by atoms with Gasteiger partial charge in [-0.2, -0.15) is 0 Å². The van der Waals surface area contributed by atoms with E-state index in [1.54, 1.807) is 0 Å². The first kappa shape index (κ1) is 49.7. The molecule has 4 nitrogen and oxygen atoms in total. The molecule has 9 aromatic rings. The first-order valence-corrected chi connectivity index (χ1v) is 30.6. The fourth-order valence-electron chi connectivity index (χ4n) is 16.6. The Balaban J connectivity index is 0.930. The number of aliphatic hydroxyl groups is 1. The van der Waals surface area contributed by atoms with Gasteiger partial charge >= 0.3 is 0 Å². The van der Waals surface area contributed by atoms with E-state index in [4.69, 9.17) is 0 Å². The summed E-state index contributed by atoms with van der Waals surface area (Å²) in [7, 11) is 0. The van der Waals surface area contributed by atoms with Crippen LogP contribution in [0.4, 0.5) is 39.8 Å². The normalized spacial score (nSPS) is 20.7. The van der Waals surface area contributed by atoms with E-state index in [1.807, 2.05) is 11.8 Å². The average molecular weight is 1060 g/mol. The molecule has 11 bridgehead atoms. The molecule has 4 atom stereocenters. The van der Waals surface area contributed by atoms with Crippen LogP contribution in [0.3, 0.4) is 0 Å². The SMILES string of the molecule is CCCC(C)(C)N(c1ccccc1)c1ccc2c(c1)Sc1cc(N(c3ccccc3)C(CC)(CCC)C34CCc5ccc6c(c5)-c5cc7ccc5C65c6cc(ccc6-c6cc3c4cc65)C(C)(CO)CC7)ccc1N2c1ccccc1. The van der Waals surface area contributed by atoms with Crippen molar-refractivity contribution < 1.29 is 5.11 Å². The molecular weight excluding hydrogens is 991 g/mol. The summed E-state index contributed by atoms with van der Waals surface area (Å²) >= 11 is 1.92. The summed E-state index contributed by atoms with van der Waals surface area (Å²) in [6.45, 7) is 14.4. The number of para-hydroxylation sites is 3. The lowest BCUT2D eigenvalue weighted by Crippen LogP contribution is -2.56. The van der Waals surface area contributed by atoms with E-state index in [-0.39, 0.29) is 28.5 Å². The second-order valence-electron chi connectivity index (χ2n) is 25.0. The summed E-state index contributed by atoms with van der Waals surface area (Å²) in [6, 6.07) is 75.7. The second kappa shape index (κ2) is 18.1. The van der Waals surface area contributed by atoms with Gasteiger partial charge in [0.15, 0.2) is 0 Å². The standard InChI is InChI=1S/C75H71N3OS/c1-7-37-71(4,5)77(53-21-15-11-16-22-53)55-28-33-67-69(44-55)80-70-45-56(29-34-68(70)76(67)52-19-13-10-14-20-52)78(54-23-17-12-18-24-54)73(9-3,38-8-2)74-40-36-50-26-32-62-59(42-50)58-41-49-25-31-61(58)75(62)63-43-51(72(6,48-79)39-35-49)27-30-57(63)60-46-65(74)66(74)47-64(60)75/h10-34,41-47,79H,7-9,35-40,48H2,1-6H3. The summed E-state index contributed by atoms with van der Waals surface area (Å²) in [5.74, 6) is 0. The monoisotopic (exact) mass is 1060 g/mol. The van der Waals surface area contributed by atoms with Gasteiger partial charge in [-0.1, -0.05) is 168 Å². The first-order valence-electron chi connectivity index (χ1n) is 29.8. The largest absolute Gasteiger partial charge is 0.395 e. The van der Waals surface area contributed by atoms with Gasteiger partial charge in [0.1, 0.15) is 0 Å². The lowest BCUT2D eigenvalue weighted by molar-refractivity contribution is 0.197. The topological polar surface area (TPSA) is 30.0 Å². The molecule has 4 unspecified atom stereocenters. The molecule has 8 aliphatic rings. The van der Waals surface area contributed by atoms with Gasteiger partial charge in [-0.3, -0.25) is 0 Å². The zero-order valence-electron chi connectivity index (χ0n) is 47.2. The lowest BCUT2D eigenvalue weighted by atomic mass is 9.67. The molecular formula is C75H71N3OS. The number of hydrogen-bond donors (Lipinski definition) is 1. The molecule has 7 aliphatic carbocycles. The molecule has 0 fully saturated rings. The van der Waals surface area contributed by atoms with Crippen LogP contribution in [0.1, 0.15) is 137 Å². The Labute approximate surface area is 478 Å². The van der Waals surface area contributed by atoms with Gasteiger partial charge in [0.25, 0.3) is 0 Å². The summed E-state index contributed by atoms with van der Waals surface area (Å²) < 4.78 is 0. The minimum absolute atomic E-state index is 0.110. The van der Waals surface area contributed by atoms with Crippen LogP contribution >= 0.6 is 11.8 Å². The zero-order valence-corrected chi connectivity index (χ0v) is 48.1. The van der Waals surface area contributed by atoms with Gasteiger partial charge in [-0.15, -0.1) is 0 Å². The quantitative estimate of drug-likeness (QED) is 0.117. The van der Waals surface area contributed by atoms with Gasteiger partial charge in [-0.25, -0.2) is 0 Å². The van der Waals surface area contributed by atoms with Gasteiger partial charge in [0, 0.05) is 54.6 Å². The van der Waals surface area contributed by atoms with Crippen LogP contribution in [0.2, 0.25) is 0 Å². The summed E-state index contributed by atoms with van der Waals surface area (Å²) in [4.78, 5) is 10.4. The summed E-state index contributed by atoms with van der Waals surface area (Å²) in [5.41, 5.74) is 25.1. The van der Waals surface area contributed by atoms with Crippen LogP contribution in [0.15, 0.2) is 204 Å². The Hall–Kier alpha value is -7.31. The predicted molar refractivity (Wildman–Crippen MR) is 334 cm³/mol. The Kier molecular flexibility index (Phi) is 11.2. The third-order valence-corrected chi connectivity index (χ3v) is 21.4. The number of anilines is 7. The van der Waals surface area contributed by atoms with Crippen LogP contribution in [0, 0.1) is 0 Å². The molecule has 0 saturated carbocycles. The molecule has 1 N–H and O–H groups in total. The number of nitrogens with zero attached hydrogens (tertiary/aromatic N) is 3. The van der Waals surface area contributed by atoms with Crippen molar-refractivity contribution in [2.24, 2.45) is 0 Å². The molecule has 9 aromatic carbocycles. The van der Waals surface area contributed by atoms with Crippen LogP contribution in [0.5, 0.6) is 0 Å². The van der Waals surface area contributed by atoms with Gasteiger partial charge in [-0.05, 0) is 210 Å². The van der Waals surface area contributed by atoms with E-state index in [0.717, 1.165) is 63.5 Å². The van der Waals surface area contributed by atoms with Crippen molar-refractivity contribution in [3.05, 3.63) is 244 Å². The number of fused-ring (bicyclic) bond motifs is 8. The van der Waals surface area contributed by atoms with Gasteiger partial charge in [0.05, 0.1) is 28.9 Å². The third-order valence-electron chi connectivity index (χ3n) is 20.3. The maximum Gasteiger partial charge on any atom is 0.0725 e. The number of rotatable bonds is 14. The van der Waals surface area contributed by atoms with Crippen molar-refractivity contribution in [1.29, 1.82) is 0 Å². The molecule has 1 heterocycles. The van der Waals surface area contributed by atoms with E-state index >= 15 is 0 Å². The first-order chi connectivity index (χ1) is 39.0.